The second-order valence-electron chi connectivity index (χ2n) is 2.02. The van der Waals surface area contributed by atoms with Gasteiger partial charge in [-0.2, -0.15) is 5.21 Å². The number of nitrogens with zero attached hydrogens (tertiary/aromatic N) is 2. The van der Waals surface area contributed by atoms with Gasteiger partial charge in [0.1, 0.15) is 5.56 Å². The topological polar surface area (TPSA) is 67.7 Å². The SMILES string of the molecule is O=[N+]([O-])c1ccc(C#[N+]O)cc1. The molecule has 0 saturated carbocycles. The smallest absolute Gasteiger partial charge is 0.258 e. The molecule has 0 spiro atoms. The van der Waals surface area contributed by atoms with Crippen LogP contribution in [0.25, 0.3) is 5.01 Å². The summed E-state index contributed by atoms with van der Waals surface area (Å²) in [5.41, 5.74) is 0.488. The highest BCUT2D eigenvalue weighted by molar-refractivity contribution is 5.39. The van der Waals surface area contributed by atoms with Gasteiger partial charge in [-0.05, 0) is 12.1 Å². The van der Waals surface area contributed by atoms with Crippen LogP contribution in [0.5, 0.6) is 0 Å². The van der Waals surface area contributed by atoms with Crippen molar-refractivity contribution in [1.82, 2.24) is 0 Å². The van der Waals surface area contributed by atoms with E-state index in [4.69, 9.17) is 5.21 Å². The van der Waals surface area contributed by atoms with E-state index in [1.165, 1.54) is 24.3 Å². The highest BCUT2D eigenvalue weighted by Gasteiger charge is 2.04. The molecule has 0 amide bonds. The van der Waals surface area contributed by atoms with Crippen LogP contribution in [0.2, 0.25) is 0 Å². The lowest BCUT2D eigenvalue weighted by atomic mass is 10.2. The van der Waals surface area contributed by atoms with Gasteiger partial charge in [-0.1, -0.05) is 0 Å². The van der Waals surface area contributed by atoms with Gasteiger partial charge in [0.05, 0.1) is 4.92 Å². The predicted octanol–water partition coefficient (Wildman–Crippen LogP) is 1.66. The van der Waals surface area contributed by atoms with Crippen LogP contribution in [0.15, 0.2) is 24.3 Å². The summed E-state index contributed by atoms with van der Waals surface area (Å²) >= 11 is 0. The Labute approximate surface area is 67.8 Å². The number of rotatable bonds is 1. The molecule has 0 aliphatic heterocycles. The van der Waals surface area contributed by atoms with Gasteiger partial charge in [-0.25, -0.2) is 0 Å². The number of hydrogen-bond donors (Lipinski definition) is 1. The van der Waals surface area contributed by atoms with Crippen LogP contribution in [0.3, 0.4) is 0 Å². The van der Waals surface area contributed by atoms with Gasteiger partial charge in [-0.15, -0.1) is 0 Å². The van der Waals surface area contributed by atoms with Crippen LogP contribution in [0.4, 0.5) is 5.69 Å². The second-order valence-corrected chi connectivity index (χ2v) is 2.02. The van der Waals surface area contributed by atoms with E-state index in [0.717, 1.165) is 0 Å². The molecule has 1 aromatic rings. The zero-order chi connectivity index (χ0) is 8.97. The first-order chi connectivity index (χ1) is 5.74. The van der Waals surface area contributed by atoms with E-state index in [0.29, 0.717) is 5.56 Å². The number of nitro groups is 1. The maximum Gasteiger partial charge on any atom is 0.388 e. The number of hydrogen-bond acceptors (Lipinski definition) is 3. The minimum atomic E-state index is -0.500. The van der Waals surface area contributed by atoms with Crippen LogP contribution in [-0.2, 0) is 0 Å². The monoisotopic (exact) mass is 165 g/mol. The van der Waals surface area contributed by atoms with Crippen LogP contribution in [0, 0.1) is 16.2 Å². The molecule has 1 N–H and O–H groups in total. The summed E-state index contributed by atoms with van der Waals surface area (Å²) < 4.78 is 0. The van der Waals surface area contributed by atoms with E-state index in [2.05, 4.69) is 11.1 Å². The van der Waals surface area contributed by atoms with E-state index in [-0.39, 0.29) is 5.69 Å². The van der Waals surface area contributed by atoms with E-state index in [1.807, 2.05) is 0 Å². The summed E-state index contributed by atoms with van der Waals surface area (Å²) in [6, 6.07) is 7.74. The summed E-state index contributed by atoms with van der Waals surface area (Å²) in [5.74, 6) is 0. The van der Waals surface area contributed by atoms with Crippen molar-refractivity contribution in [1.29, 1.82) is 0 Å². The van der Waals surface area contributed by atoms with Crippen LogP contribution < -0.4 is 0 Å². The van der Waals surface area contributed by atoms with Crippen LogP contribution >= 0.6 is 0 Å². The Morgan fingerprint density at radius 2 is 2.00 bits per heavy atom. The molecule has 0 saturated heterocycles. The summed E-state index contributed by atoms with van der Waals surface area (Å²) in [6.45, 7) is 0. The maximum atomic E-state index is 10.2. The molecule has 0 aliphatic rings. The van der Waals surface area contributed by atoms with Crippen molar-refractivity contribution >= 4 is 5.69 Å². The zero-order valence-electron chi connectivity index (χ0n) is 5.97. The molecule has 60 valence electrons. The first kappa shape index (κ1) is 8.01. The molecule has 0 aliphatic carbocycles. The van der Waals surface area contributed by atoms with Crippen LogP contribution in [0.1, 0.15) is 5.56 Å². The lowest BCUT2D eigenvalue weighted by molar-refractivity contribution is -0.384. The predicted molar refractivity (Wildman–Crippen MR) is 41.2 cm³/mol. The molecule has 0 bridgehead atoms. The van der Waals surface area contributed by atoms with Gasteiger partial charge in [0.25, 0.3) is 5.69 Å². The number of nitro benzene ring substituents is 1. The Hall–Kier alpha value is -2.09. The first-order valence-electron chi connectivity index (χ1n) is 3.08. The fourth-order valence-electron chi connectivity index (χ4n) is 0.715. The van der Waals surface area contributed by atoms with Crippen molar-refractivity contribution in [3.63, 3.8) is 0 Å². The van der Waals surface area contributed by atoms with Crippen molar-refractivity contribution in [2.24, 2.45) is 0 Å². The van der Waals surface area contributed by atoms with Crippen LogP contribution in [-0.4, -0.2) is 10.1 Å². The summed E-state index contributed by atoms with van der Waals surface area (Å²) in [6.07, 6.45) is 0. The molecular formula is C7H5N2O3+. The standard InChI is InChI=1S/C7H4N2O3/c10-8-5-6-1-3-7(4-2-6)9(11)12/h1-4H/p+1. The summed E-state index contributed by atoms with van der Waals surface area (Å²) in [7, 11) is 0. The third-order valence-electron chi connectivity index (χ3n) is 1.26. The molecule has 0 heterocycles. The fourth-order valence-corrected chi connectivity index (χ4v) is 0.715. The van der Waals surface area contributed by atoms with Crippen molar-refractivity contribution < 1.29 is 10.1 Å². The Balaban J connectivity index is 2.98. The largest absolute Gasteiger partial charge is 0.388 e. The number of benzene rings is 1. The van der Waals surface area contributed by atoms with E-state index >= 15 is 0 Å². The van der Waals surface area contributed by atoms with Gasteiger partial charge in [0.2, 0.25) is 5.01 Å². The first-order valence-corrected chi connectivity index (χ1v) is 3.08. The third kappa shape index (κ3) is 1.70. The van der Waals surface area contributed by atoms with Gasteiger partial charge in [0, 0.05) is 12.1 Å². The maximum absolute atomic E-state index is 10.2. The molecule has 0 aromatic heterocycles. The summed E-state index contributed by atoms with van der Waals surface area (Å²) in [4.78, 5) is 9.68. The quantitative estimate of drug-likeness (QED) is 0.508. The van der Waals surface area contributed by atoms with Gasteiger partial charge < -0.3 is 0 Å². The Kier molecular flexibility index (Phi) is 2.23. The fraction of sp³-hybridized carbons (Fsp3) is 0. The van der Waals surface area contributed by atoms with Crippen molar-refractivity contribution in [3.05, 3.63) is 45.0 Å². The lowest BCUT2D eigenvalue weighted by Gasteiger charge is -1.87. The molecule has 12 heavy (non-hydrogen) atoms. The molecule has 0 unspecified atom stereocenters. The van der Waals surface area contributed by atoms with Gasteiger partial charge >= 0.3 is 6.07 Å². The lowest BCUT2D eigenvalue weighted by Crippen LogP contribution is -1.86. The number of non-ortho nitro benzene ring substituents is 1. The molecule has 1 rings (SSSR count). The molecule has 0 radical (unpaired) electrons. The second kappa shape index (κ2) is 3.34. The zero-order valence-corrected chi connectivity index (χ0v) is 5.97. The molecular weight excluding hydrogens is 160 g/mol. The van der Waals surface area contributed by atoms with Crippen molar-refractivity contribution in [3.8, 4) is 6.07 Å². The molecule has 5 nitrogen and oxygen atoms in total. The molecule has 0 atom stereocenters. The third-order valence-corrected chi connectivity index (χ3v) is 1.26. The van der Waals surface area contributed by atoms with Crippen molar-refractivity contribution in [2.45, 2.75) is 0 Å². The van der Waals surface area contributed by atoms with E-state index in [9.17, 15) is 10.1 Å². The average Bonchev–Trinajstić information content (AvgIpc) is 2.06. The van der Waals surface area contributed by atoms with E-state index in [1.54, 1.807) is 0 Å². The Morgan fingerprint density at radius 3 is 2.42 bits per heavy atom. The molecule has 1 aromatic carbocycles. The minimum absolute atomic E-state index is 0.00140. The highest BCUT2D eigenvalue weighted by Crippen LogP contribution is 2.10. The summed E-state index contributed by atoms with van der Waals surface area (Å²) in [5, 5.41) is 20.9. The van der Waals surface area contributed by atoms with E-state index < -0.39 is 4.92 Å². The Bertz CT molecular complexity index is 347. The highest BCUT2D eigenvalue weighted by atomic mass is 16.6. The van der Waals surface area contributed by atoms with Gasteiger partial charge in [0.15, 0.2) is 0 Å². The minimum Gasteiger partial charge on any atom is -0.258 e. The molecule has 5 heteroatoms. The molecule has 0 fully saturated rings. The van der Waals surface area contributed by atoms with Gasteiger partial charge in [-0.3, -0.25) is 10.1 Å². The average molecular weight is 165 g/mol. The normalized spacial score (nSPS) is 8.33. The Morgan fingerprint density at radius 1 is 1.42 bits per heavy atom. The van der Waals surface area contributed by atoms with Crippen molar-refractivity contribution in [2.75, 3.05) is 0 Å².